The zero-order chi connectivity index (χ0) is 17.0. The van der Waals surface area contributed by atoms with Crippen molar-refractivity contribution in [1.29, 1.82) is 0 Å². The van der Waals surface area contributed by atoms with E-state index in [1.54, 1.807) is 14.2 Å². The molecule has 25 heavy (non-hydrogen) atoms. The van der Waals surface area contributed by atoms with Gasteiger partial charge in [0.1, 0.15) is 11.9 Å². The first kappa shape index (κ1) is 14.8. The third-order valence-electron chi connectivity index (χ3n) is 5.32. The van der Waals surface area contributed by atoms with Crippen LogP contribution >= 0.6 is 0 Å². The Morgan fingerprint density at radius 3 is 2.72 bits per heavy atom. The Morgan fingerprint density at radius 2 is 1.92 bits per heavy atom. The van der Waals surface area contributed by atoms with Crippen molar-refractivity contribution < 1.29 is 23.5 Å². The summed E-state index contributed by atoms with van der Waals surface area (Å²) < 4.78 is 24.6. The fraction of sp³-hybridized carbons (Fsp3) is 0.350. The van der Waals surface area contributed by atoms with Gasteiger partial charge in [-0.25, -0.2) is 0 Å². The molecule has 0 N–H and O–H groups in total. The minimum Gasteiger partial charge on any atom is -0.498 e. The average Bonchev–Trinajstić information content (AvgIpc) is 3.11. The molecule has 0 spiro atoms. The van der Waals surface area contributed by atoms with Crippen molar-refractivity contribution in [3.8, 4) is 22.8 Å². The highest BCUT2D eigenvalue weighted by Crippen LogP contribution is 2.41. The Hall–Kier alpha value is -2.53. The van der Waals surface area contributed by atoms with E-state index in [0.29, 0.717) is 6.79 Å². The van der Waals surface area contributed by atoms with E-state index < -0.39 is 0 Å². The molecule has 1 aliphatic carbocycles. The molecular weight excluding hydrogens is 318 g/mol. The molecule has 3 heterocycles. The van der Waals surface area contributed by atoms with Crippen LogP contribution in [0.4, 0.5) is 0 Å². The minimum absolute atomic E-state index is 0.135. The van der Waals surface area contributed by atoms with Gasteiger partial charge in [0.2, 0.25) is 12.5 Å². The number of hydrogen-bond donors (Lipinski definition) is 0. The standard InChI is InChI=1S/C20H20NO4/c1-22-17-4-3-12-7-16-14-9-19-18(24-11-25-19)8-13(14)5-6-21(16)10-15(12)20(17)23-2/h4,7-10,20H,3,5-6,11H2,1-2H3/q+1. The second kappa shape index (κ2) is 5.49. The molecule has 1 aromatic carbocycles. The van der Waals surface area contributed by atoms with Crippen molar-refractivity contribution >= 4 is 0 Å². The van der Waals surface area contributed by atoms with Crippen molar-refractivity contribution in [2.75, 3.05) is 21.0 Å². The molecule has 0 saturated carbocycles. The molecule has 0 radical (unpaired) electrons. The van der Waals surface area contributed by atoms with Crippen LogP contribution in [-0.2, 0) is 28.9 Å². The second-order valence-electron chi connectivity index (χ2n) is 6.58. The molecule has 128 valence electrons. The van der Waals surface area contributed by atoms with Crippen molar-refractivity contribution in [3.05, 3.63) is 52.9 Å². The van der Waals surface area contributed by atoms with Crippen LogP contribution < -0.4 is 14.0 Å². The zero-order valence-electron chi connectivity index (χ0n) is 14.4. The Bertz CT molecular complexity index is 903. The number of nitrogens with zero attached hydrogens (tertiary/aromatic N) is 1. The topological polar surface area (TPSA) is 40.8 Å². The highest BCUT2D eigenvalue weighted by Gasteiger charge is 2.32. The molecule has 2 aliphatic heterocycles. The summed E-state index contributed by atoms with van der Waals surface area (Å²) in [7, 11) is 3.43. The molecule has 0 fully saturated rings. The number of allylic oxidation sites excluding steroid dienone is 1. The van der Waals surface area contributed by atoms with E-state index in [1.807, 2.05) is 0 Å². The Kier molecular flexibility index (Phi) is 3.25. The van der Waals surface area contributed by atoms with Gasteiger partial charge in [-0.1, -0.05) is 0 Å². The molecular formula is C20H20NO4+. The lowest BCUT2D eigenvalue weighted by Crippen LogP contribution is -2.41. The van der Waals surface area contributed by atoms with Gasteiger partial charge < -0.3 is 18.9 Å². The quantitative estimate of drug-likeness (QED) is 0.790. The van der Waals surface area contributed by atoms with E-state index in [2.05, 4.69) is 35.0 Å². The molecule has 0 amide bonds. The van der Waals surface area contributed by atoms with E-state index in [0.717, 1.165) is 36.6 Å². The maximum Gasteiger partial charge on any atom is 0.231 e. The van der Waals surface area contributed by atoms with Crippen LogP contribution in [0.15, 0.2) is 36.2 Å². The lowest BCUT2D eigenvalue weighted by molar-refractivity contribution is -0.688. The van der Waals surface area contributed by atoms with Crippen molar-refractivity contribution in [2.24, 2.45) is 0 Å². The van der Waals surface area contributed by atoms with Crippen LogP contribution in [0.2, 0.25) is 0 Å². The zero-order valence-corrected chi connectivity index (χ0v) is 14.4. The number of rotatable bonds is 2. The third kappa shape index (κ3) is 2.15. The number of benzene rings is 1. The van der Waals surface area contributed by atoms with Crippen molar-refractivity contribution in [2.45, 2.75) is 25.5 Å². The third-order valence-corrected chi connectivity index (χ3v) is 5.32. The normalized spacial score (nSPS) is 19.6. The molecule has 0 bridgehead atoms. The van der Waals surface area contributed by atoms with Crippen LogP contribution in [0.1, 0.15) is 22.8 Å². The van der Waals surface area contributed by atoms with Gasteiger partial charge in [0.25, 0.3) is 0 Å². The summed E-state index contributed by atoms with van der Waals surface area (Å²) in [4.78, 5) is 0. The Morgan fingerprint density at radius 1 is 1.08 bits per heavy atom. The molecule has 1 atom stereocenters. The summed E-state index contributed by atoms with van der Waals surface area (Å²) in [6.07, 6.45) is 6.03. The van der Waals surface area contributed by atoms with Gasteiger partial charge in [-0.05, 0) is 35.8 Å². The predicted molar refractivity (Wildman–Crippen MR) is 90.4 cm³/mol. The first-order valence-electron chi connectivity index (χ1n) is 8.54. The molecule has 5 rings (SSSR count). The average molecular weight is 338 g/mol. The lowest BCUT2D eigenvalue weighted by atomic mass is 9.90. The number of fused-ring (bicyclic) bond motifs is 5. The second-order valence-corrected chi connectivity index (χ2v) is 6.58. The lowest BCUT2D eigenvalue weighted by Gasteiger charge is -2.25. The van der Waals surface area contributed by atoms with Gasteiger partial charge in [0.05, 0.1) is 18.2 Å². The maximum atomic E-state index is 5.70. The van der Waals surface area contributed by atoms with Gasteiger partial charge in [0, 0.05) is 19.6 Å². The molecule has 2 aromatic rings. The smallest absolute Gasteiger partial charge is 0.231 e. The minimum atomic E-state index is -0.135. The molecule has 5 nitrogen and oxygen atoms in total. The summed E-state index contributed by atoms with van der Waals surface area (Å²) in [6, 6.07) is 6.52. The largest absolute Gasteiger partial charge is 0.498 e. The Balaban J connectivity index is 1.65. The fourth-order valence-electron chi connectivity index (χ4n) is 4.06. The number of hydrogen-bond acceptors (Lipinski definition) is 4. The monoisotopic (exact) mass is 338 g/mol. The van der Waals surface area contributed by atoms with Gasteiger partial charge in [-0.2, -0.15) is 4.57 Å². The molecule has 0 saturated heterocycles. The summed E-state index contributed by atoms with van der Waals surface area (Å²) >= 11 is 0. The summed E-state index contributed by atoms with van der Waals surface area (Å²) in [6.45, 7) is 1.25. The molecule has 3 aliphatic rings. The number of ether oxygens (including phenoxy) is 4. The first-order valence-corrected chi connectivity index (χ1v) is 8.54. The van der Waals surface area contributed by atoms with E-state index in [4.69, 9.17) is 18.9 Å². The molecule has 1 unspecified atom stereocenters. The van der Waals surface area contributed by atoms with Gasteiger partial charge in [-0.15, -0.1) is 0 Å². The van der Waals surface area contributed by atoms with Crippen molar-refractivity contribution in [1.82, 2.24) is 0 Å². The summed E-state index contributed by atoms with van der Waals surface area (Å²) in [5, 5.41) is 0. The number of aromatic nitrogens is 1. The van der Waals surface area contributed by atoms with E-state index in [-0.39, 0.29) is 6.10 Å². The van der Waals surface area contributed by atoms with E-state index in [9.17, 15) is 0 Å². The van der Waals surface area contributed by atoms with Crippen LogP contribution in [0, 0.1) is 0 Å². The molecule has 5 heteroatoms. The first-order chi connectivity index (χ1) is 12.3. The summed E-state index contributed by atoms with van der Waals surface area (Å²) in [5.41, 5.74) is 6.24. The van der Waals surface area contributed by atoms with Crippen LogP contribution in [0.3, 0.4) is 0 Å². The van der Waals surface area contributed by atoms with E-state index in [1.165, 1.54) is 27.9 Å². The summed E-state index contributed by atoms with van der Waals surface area (Å²) in [5.74, 6) is 2.58. The van der Waals surface area contributed by atoms with Crippen molar-refractivity contribution in [3.63, 3.8) is 0 Å². The highest BCUT2D eigenvalue weighted by atomic mass is 16.7. The van der Waals surface area contributed by atoms with Gasteiger partial charge >= 0.3 is 0 Å². The number of pyridine rings is 1. The van der Waals surface area contributed by atoms with Crippen LogP contribution in [-0.4, -0.2) is 21.0 Å². The van der Waals surface area contributed by atoms with Gasteiger partial charge in [0.15, 0.2) is 24.2 Å². The fourth-order valence-corrected chi connectivity index (χ4v) is 4.06. The van der Waals surface area contributed by atoms with Crippen LogP contribution in [0.5, 0.6) is 11.5 Å². The predicted octanol–water partition coefficient (Wildman–Crippen LogP) is 2.70. The number of methoxy groups -OCH3 is 2. The molecule has 1 aromatic heterocycles. The van der Waals surface area contributed by atoms with Gasteiger partial charge in [-0.3, -0.25) is 0 Å². The van der Waals surface area contributed by atoms with Crippen LogP contribution in [0.25, 0.3) is 11.3 Å². The number of aryl methyl sites for hydroxylation is 2. The highest BCUT2D eigenvalue weighted by molar-refractivity contribution is 5.68. The van der Waals surface area contributed by atoms with E-state index >= 15 is 0 Å². The maximum absolute atomic E-state index is 5.70. The Labute approximate surface area is 146 Å². The SMILES string of the molecule is COC1=CCc2cc3[n+](cc2C1OC)CCc1cc2c(cc1-3)OCO2.